The van der Waals surface area contributed by atoms with Gasteiger partial charge in [-0.3, -0.25) is 0 Å². The second-order valence-corrected chi connectivity index (χ2v) is 6.48. The monoisotopic (exact) mass is 381 g/mol. The average Bonchev–Trinajstić information content (AvgIpc) is 2.91. The number of carbonyl (C=O) groups excluding carboxylic acids is 1. The fraction of sp³-hybridized carbons (Fsp3) is 0.167. The molecule has 0 bridgehead atoms. The van der Waals surface area contributed by atoms with E-state index < -0.39 is 0 Å². The van der Waals surface area contributed by atoms with Gasteiger partial charge in [0, 0.05) is 11.9 Å². The van der Waals surface area contributed by atoms with Crippen LogP contribution in [0.3, 0.4) is 0 Å². The molecule has 6 heteroatoms. The first kappa shape index (κ1) is 17.2. The Hall–Kier alpha value is -1.68. The van der Waals surface area contributed by atoms with Gasteiger partial charge in [-0.2, -0.15) is 0 Å². The number of para-hydroxylation sites is 1. The summed E-state index contributed by atoms with van der Waals surface area (Å²) in [4.78, 5) is 12.3. The molecular formula is C18H14Cl3NO2. The predicted molar refractivity (Wildman–Crippen MR) is 98.5 cm³/mol. The van der Waals surface area contributed by atoms with Crippen molar-refractivity contribution < 1.29 is 9.53 Å². The third-order valence-electron chi connectivity index (χ3n) is 3.68. The first-order chi connectivity index (χ1) is 11.5. The first-order valence-electron chi connectivity index (χ1n) is 7.40. The molecule has 0 N–H and O–H groups in total. The smallest absolute Gasteiger partial charge is 0.354 e. The van der Waals surface area contributed by atoms with E-state index >= 15 is 0 Å². The SMILES string of the molecule is CCOC(=O)c1cc2cccc(Cl)c2n1Cc1ccc(Cl)c(Cl)c1. The minimum atomic E-state index is -0.384. The van der Waals surface area contributed by atoms with Gasteiger partial charge in [-0.05, 0) is 36.8 Å². The van der Waals surface area contributed by atoms with Gasteiger partial charge in [0.05, 0.1) is 27.2 Å². The molecule has 0 unspecified atom stereocenters. The second-order valence-electron chi connectivity index (χ2n) is 5.26. The van der Waals surface area contributed by atoms with Crippen molar-refractivity contribution in [3.8, 4) is 0 Å². The molecule has 1 heterocycles. The van der Waals surface area contributed by atoms with Crippen LogP contribution in [0.1, 0.15) is 23.0 Å². The van der Waals surface area contributed by atoms with E-state index in [4.69, 9.17) is 39.5 Å². The number of aromatic nitrogens is 1. The summed E-state index contributed by atoms with van der Waals surface area (Å²) in [5, 5.41) is 2.41. The molecule has 0 fully saturated rings. The molecule has 124 valence electrons. The van der Waals surface area contributed by atoms with Gasteiger partial charge in [-0.25, -0.2) is 4.79 Å². The molecule has 0 saturated heterocycles. The fourth-order valence-electron chi connectivity index (χ4n) is 2.64. The Labute approximate surface area is 154 Å². The molecule has 3 rings (SSSR count). The number of ether oxygens (including phenoxy) is 1. The largest absolute Gasteiger partial charge is 0.461 e. The number of esters is 1. The topological polar surface area (TPSA) is 31.2 Å². The quantitative estimate of drug-likeness (QED) is 0.532. The lowest BCUT2D eigenvalue weighted by Crippen LogP contribution is -2.13. The molecule has 1 aromatic heterocycles. The number of rotatable bonds is 4. The molecule has 3 nitrogen and oxygen atoms in total. The first-order valence-corrected chi connectivity index (χ1v) is 8.53. The summed E-state index contributed by atoms with van der Waals surface area (Å²) >= 11 is 18.4. The van der Waals surface area contributed by atoms with Crippen LogP contribution in [0.5, 0.6) is 0 Å². The van der Waals surface area contributed by atoms with E-state index in [1.54, 1.807) is 31.2 Å². The minimum absolute atomic E-state index is 0.306. The Morgan fingerprint density at radius 2 is 1.83 bits per heavy atom. The molecular weight excluding hydrogens is 369 g/mol. The zero-order valence-electron chi connectivity index (χ0n) is 12.9. The number of nitrogens with zero attached hydrogens (tertiary/aromatic N) is 1. The molecule has 0 aliphatic carbocycles. The molecule has 3 aromatic rings. The molecule has 2 aromatic carbocycles. The second kappa shape index (κ2) is 7.06. The van der Waals surface area contributed by atoms with Gasteiger partial charge in [0.15, 0.2) is 0 Å². The summed E-state index contributed by atoms with van der Waals surface area (Å²) in [6.45, 7) is 2.51. The number of carbonyl (C=O) groups is 1. The molecule has 0 aliphatic rings. The van der Waals surface area contributed by atoms with E-state index in [9.17, 15) is 4.79 Å². The summed E-state index contributed by atoms with van der Waals surface area (Å²) < 4.78 is 7.01. The Balaban J connectivity index is 2.14. The molecule has 0 spiro atoms. The standard InChI is InChI=1S/C18H14Cl3NO2/c1-2-24-18(23)16-9-12-4-3-5-14(20)17(12)22(16)10-11-6-7-13(19)15(21)8-11/h3-9H,2,10H2,1H3. The Kier molecular flexibility index (Phi) is 5.04. The van der Waals surface area contributed by atoms with Crippen molar-refractivity contribution >= 4 is 51.7 Å². The highest BCUT2D eigenvalue weighted by atomic mass is 35.5. The summed E-state index contributed by atoms with van der Waals surface area (Å²) in [7, 11) is 0. The van der Waals surface area contributed by atoms with Crippen LogP contribution in [0.4, 0.5) is 0 Å². The van der Waals surface area contributed by atoms with E-state index in [2.05, 4.69) is 0 Å². The van der Waals surface area contributed by atoms with Crippen molar-refractivity contribution in [2.45, 2.75) is 13.5 Å². The van der Waals surface area contributed by atoms with Gasteiger partial charge >= 0.3 is 5.97 Å². The lowest BCUT2D eigenvalue weighted by atomic mass is 10.2. The number of halogens is 3. The van der Waals surface area contributed by atoms with Gasteiger partial charge in [0.2, 0.25) is 0 Å². The highest BCUT2D eigenvalue weighted by Crippen LogP contribution is 2.29. The van der Waals surface area contributed by atoms with Crippen LogP contribution >= 0.6 is 34.8 Å². The van der Waals surface area contributed by atoms with E-state index in [0.29, 0.717) is 33.9 Å². The van der Waals surface area contributed by atoms with Gasteiger partial charge in [0.1, 0.15) is 5.69 Å². The van der Waals surface area contributed by atoms with Crippen LogP contribution in [0.2, 0.25) is 15.1 Å². The lowest BCUT2D eigenvalue weighted by molar-refractivity contribution is 0.0515. The molecule has 24 heavy (non-hydrogen) atoms. The molecule has 0 radical (unpaired) electrons. The fourth-order valence-corrected chi connectivity index (χ4v) is 3.24. The van der Waals surface area contributed by atoms with Gasteiger partial charge in [-0.1, -0.05) is 53.0 Å². The van der Waals surface area contributed by atoms with E-state index in [0.717, 1.165) is 16.5 Å². The predicted octanol–water partition coefficient (Wildman–Crippen LogP) is 5.83. The van der Waals surface area contributed by atoms with Crippen molar-refractivity contribution in [3.63, 3.8) is 0 Å². The normalized spacial score (nSPS) is 11.0. The zero-order valence-corrected chi connectivity index (χ0v) is 15.1. The van der Waals surface area contributed by atoms with E-state index in [1.807, 2.05) is 22.8 Å². The summed E-state index contributed by atoms with van der Waals surface area (Å²) in [5.41, 5.74) is 2.15. The highest BCUT2D eigenvalue weighted by molar-refractivity contribution is 6.42. The average molecular weight is 383 g/mol. The zero-order chi connectivity index (χ0) is 17.3. The van der Waals surface area contributed by atoms with Crippen molar-refractivity contribution in [1.82, 2.24) is 4.57 Å². The van der Waals surface area contributed by atoms with E-state index in [1.165, 1.54) is 0 Å². The molecule has 0 amide bonds. The summed E-state index contributed by atoms with van der Waals surface area (Å²) in [6.07, 6.45) is 0. The van der Waals surface area contributed by atoms with Crippen molar-refractivity contribution in [3.05, 3.63) is 68.8 Å². The maximum Gasteiger partial charge on any atom is 0.354 e. The van der Waals surface area contributed by atoms with Gasteiger partial charge < -0.3 is 9.30 Å². The van der Waals surface area contributed by atoms with Crippen LogP contribution in [0.15, 0.2) is 42.5 Å². The van der Waals surface area contributed by atoms with Crippen LogP contribution in [0.25, 0.3) is 10.9 Å². The number of fused-ring (bicyclic) bond motifs is 1. The number of hydrogen-bond donors (Lipinski definition) is 0. The Bertz CT molecular complexity index is 918. The number of benzene rings is 2. The molecule has 0 saturated carbocycles. The Morgan fingerprint density at radius 3 is 2.54 bits per heavy atom. The third-order valence-corrected chi connectivity index (χ3v) is 4.72. The van der Waals surface area contributed by atoms with Crippen LogP contribution in [-0.4, -0.2) is 17.1 Å². The maximum atomic E-state index is 12.3. The van der Waals surface area contributed by atoms with E-state index in [-0.39, 0.29) is 5.97 Å². The van der Waals surface area contributed by atoms with Gasteiger partial charge in [-0.15, -0.1) is 0 Å². The summed E-state index contributed by atoms with van der Waals surface area (Å²) in [6, 6.07) is 12.7. The number of hydrogen-bond acceptors (Lipinski definition) is 2. The third kappa shape index (κ3) is 3.25. The van der Waals surface area contributed by atoms with Crippen LogP contribution in [-0.2, 0) is 11.3 Å². The van der Waals surface area contributed by atoms with Crippen LogP contribution in [0, 0.1) is 0 Å². The molecule has 0 aliphatic heterocycles. The van der Waals surface area contributed by atoms with Gasteiger partial charge in [0.25, 0.3) is 0 Å². The highest BCUT2D eigenvalue weighted by Gasteiger charge is 2.18. The minimum Gasteiger partial charge on any atom is -0.461 e. The summed E-state index contributed by atoms with van der Waals surface area (Å²) in [5.74, 6) is -0.384. The van der Waals surface area contributed by atoms with Crippen molar-refractivity contribution in [2.75, 3.05) is 6.61 Å². The maximum absolute atomic E-state index is 12.3. The van der Waals surface area contributed by atoms with Crippen molar-refractivity contribution in [1.29, 1.82) is 0 Å². The molecule has 0 atom stereocenters. The van der Waals surface area contributed by atoms with Crippen LogP contribution < -0.4 is 0 Å². The lowest BCUT2D eigenvalue weighted by Gasteiger charge is -2.12. The Morgan fingerprint density at radius 1 is 1.04 bits per heavy atom. The van der Waals surface area contributed by atoms with Crippen molar-refractivity contribution in [2.24, 2.45) is 0 Å².